The molecule has 2 aromatic carbocycles. The molecule has 0 spiro atoms. The maximum absolute atomic E-state index is 13.7. The van der Waals surface area contributed by atoms with Gasteiger partial charge in [0, 0.05) is 23.6 Å². The molecule has 2 nitrogen and oxygen atoms in total. The number of alkyl halides is 3. The summed E-state index contributed by atoms with van der Waals surface area (Å²) in [5.41, 5.74) is 1.32. The Hall–Kier alpha value is -2.43. The summed E-state index contributed by atoms with van der Waals surface area (Å²) >= 11 is 0. The third-order valence-electron chi connectivity index (χ3n) is 4.30. The number of hydrogen-bond acceptors (Lipinski definition) is 1. The summed E-state index contributed by atoms with van der Waals surface area (Å²) in [7, 11) is 3.14. The molecular formula is C19H18F3NO. The van der Waals surface area contributed by atoms with Gasteiger partial charge in [-0.2, -0.15) is 13.2 Å². The van der Waals surface area contributed by atoms with E-state index in [-0.39, 0.29) is 5.39 Å². The summed E-state index contributed by atoms with van der Waals surface area (Å²) < 4.78 is 47.8. The Kier molecular flexibility index (Phi) is 4.26. The van der Waals surface area contributed by atoms with E-state index in [0.717, 1.165) is 5.56 Å². The van der Waals surface area contributed by atoms with Crippen LogP contribution >= 0.6 is 0 Å². The maximum atomic E-state index is 13.7. The highest BCUT2D eigenvalue weighted by Crippen LogP contribution is 2.40. The molecule has 0 saturated heterocycles. The van der Waals surface area contributed by atoms with Crippen LogP contribution in [-0.4, -0.2) is 11.7 Å². The van der Waals surface area contributed by atoms with Gasteiger partial charge in [0.1, 0.15) is 5.75 Å². The lowest BCUT2D eigenvalue weighted by Crippen LogP contribution is -2.10. The number of nitrogens with zero attached hydrogens (tertiary/aromatic N) is 1. The van der Waals surface area contributed by atoms with Gasteiger partial charge in [0.15, 0.2) is 0 Å². The second-order valence-corrected chi connectivity index (χ2v) is 5.75. The van der Waals surface area contributed by atoms with Gasteiger partial charge in [0.2, 0.25) is 0 Å². The van der Waals surface area contributed by atoms with Gasteiger partial charge in [0.05, 0.1) is 12.7 Å². The van der Waals surface area contributed by atoms with E-state index in [2.05, 4.69) is 0 Å². The average molecular weight is 333 g/mol. The van der Waals surface area contributed by atoms with Crippen LogP contribution in [0.3, 0.4) is 0 Å². The Balaban J connectivity index is 2.10. The van der Waals surface area contributed by atoms with Gasteiger partial charge < -0.3 is 9.30 Å². The van der Waals surface area contributed by atoms with Crippen LogP contribution in [0.5, 0.6) is 5.75 Å². The highest BCUT2D eigenvalue weighted by atomic mass is 19.4. The lowest BCUT2D eigenvalue weighted by atomic mass is 10.0. The molecule has 0 aliphatic rings. The molecule has 0 aliphatic heterocycles. The van der Waals surface area contributed by atoms with E-state index in [9.17, 15) is 13.2 Å². The van der Waals surface area contributed by atoms with Crippen LogP contribution in [0.1, 0.15) is 16.8 Å². The summed E-state index contributed by atoms with van der Waals surface area (Å²) in [5, 5.41) is 0.187. The van der Waals surface area contributed by atoms with E-state index >= 15 is 0 Å². The van der Waals surface area contributed by atoms with Gasteiger partial charge >= 0.3 is 6.18 Å². The fourth-order valence-corrected chi connectivity index (χ4v) is 3.12. The van der Waals surface area contributed by atoms with Crippen molar-refractivity contribution in [2.75, 3.05) is 7.11 Å². The Labute approximate surface area is 138 Å². The van der Waals surface area contributed by atoms with Crippen molar-refractivity contribution in [2.24, 2.45) is 7.05 Å². The molecule has 0 radical (unpaired) electrons. The number of ether oxygens (including phenoxy) is 1. The van der Waals surface area contributed by atoms with Crippen molar-refractivity contribution in [3.63, 3.8) is 0 Å². The van der Waals surface area contributed by atoms with Gasteiger partial charge in [-0.05, 0) is 36.6 Å². The third-order valence-corrected chi connectivity index (χ3v) is 4.30. The summed E-state index contributed by atoms with van der Waals surface area (Å²) in [5.74, 6) is 0.424. The molecule has 3 aromatic rings. The summed E-state index contributed by atoms with van der Waals surface area (Å²) in [6, 6.07) is 14.4. The second kappa shape index (κ2) is 6.23. The van der Waals surface area contributed by atoms with Crippen LogP contribution in [0, 0.1) is 0 Å². The molecule has 3 rings (SSSR count). The van der Waals surface area contributed by atoms with Crippen LogP contribution < -0.4 is 4.74 Å². The van der Waals surface area contributed by atoms with Gasteiger partial charge in [0.25, 0.3) is 0 Å². The zero-order valence-corrected chi connectivity index (χ0v) is 13.5. The van der Waals surface area contributed by atoms with Gasteiger partial charge in [-0.1, -0.05) is 30.3 Å². The quantitative estimate of drug-likeness (QED) is 0.656. The number of aromatic nitrogens is 1. The molecule has 0 unspecified atom stereocenters. The number of methoxy groups -OCH3 is 1. The van der Waals surface area contributed by atoms with Crippen LogP contribution in [0.25, 0.3) is 10.9 Å². The minimum Gasteiger partial charge on any atom is -0.497 e. The van der Waals surface area contributed by atoms with E-state index < -0.39 is 11.7 Å². The van der Waals surface area contributed by atoms with Gasteiger partial charge in [-0.25, -0.2) is 0 Å². The van der Waals surface area contributed by atoms with Crippen LogP contribution in [0.4, 0.5) is 13.2 Å². The van der Waals surface area contributed by atoms with E-state index in [1.165, 1.54) is 13.2 Å². The highest BCUT2D eigenvalue weighted by molar-refractivity contribution is 5.87. The van der Waals surface area contributed by atoms with E-state index in [1.807, 2.05) is 30.3 Å². The van der Waals surface area contributed by atoms with Crippen LogP contribution in [0.2, 0.25) is 0 Å². The Bertz CT molecular complexity index is 850. The smallest absolute Gasteiger partial charge is 0.418 e. The fourth-order valence-electron chi connectivity index (χ4n) is 3.12. The zero-order valence-electron chi connectivity index (χ0n) is 13.5. The third kappa shape index (κ3) is 2.98. The Morgan fingerprint density at radius 2 is 1.71 bits per heavy atom. The van der Waals surface area contributed by atoms with Crippen molar-refractivity contribution in [2.45, 2.75) is 19.0 Å². The molecule has 1 aromatic heterocycles. The highest BCUT2D eigenvalue weighted by Gasteiger charge is 2.37. The first-order chi connectivity index (χ1) is 11.4. The van der Waals surface area contributed by atoms with Crippen molar-refractivity contribution in [1.82, 2.24) is 4.57 Å². The van der Waals surface area contributed by atoms with Crippen LogP contribution in [0.15, 0.2) is 48.5 Å². The van der Waals surface area contributed by atoms with Crippen molar-refractivity contribution in [3.05, 3.63) is 65.4 Å². The molecule has 0 saturated carbocycles. The summed E-state index contributed by atoms with van der Waals surface area (Å²) in [6.07, 6.45) is -3.52. The van der Waals surface area contributed by atoms with E-state index in [0.29, 0.717) is 29.8 Å². The van der Waals surface area contributed by atoms with E-state index in [4.69, 9.17) is 4.74 Å². The minimum absolute atomic E-state index is 0.187. The topological polar surface area (TPSA) is 14.2 Å². The normalized spacial score (nSPS) is 11.9. The monoisotopic (exact) mass is 333 g/mol. The lowest BCUT2D eigenvalue weighted by molar-refractivity contribution is -0.137. The predicted molar refractivity (Wildman–Crippen MR) is 88.3 cm³/mol. The van der Waals surface area contributed by atoms with Crippen LogP contribution in [-0.2, 0) is 26.1 Å². The van der Waals surface area contributed by atoms with Gasteiger partial charge in [-0.15, -0.1) is 0 Å². The Morgan fingerprint density at radius 3 is 2.33 bits per heavy atom. The maximum Gasteiger partial charge on any atom is 0.418 e. The first-order valence-electron chi connectivity index (χ1n) is 7.68. The fraction of sp³-hybridized carbons (Fsp3) is 0.263. The SMILES string of the molecule is COc1ccc2c(c1)c(C(F)(F)F)c(CCc1ccccc1)n2C. The molecule has 1 heterocycles. The lowest BCUT2D eigenvalue weighted by Gasteiger charge is -2.11. The molecule has 126 valence electrons. The summed E-state index contributed by atoms with van der Waals surface area (Å²) in [6.45, 7) is 0. The molecule has 0 aliphatic carbocycles. The molecule has 24 heavy (non-hydrogen) atoms. The predicted octanol–water partition coefficient (Wildman–Crippen LogP) is 4.99. The molecule has 0 fully saturated rings. The van der Waals surface area contributed by atoms with E-state index in [1.54, 1.807) is 23.7 Å². The zero-order chi connectivity index (χ0) is 17.3. The number of fused-ring (bicyclic) bond motifs is 1. The first-order valence-corrected chi connectivity index (χ1v) is 7.68. The van der Waals surface area contributed by atoms with Crippen molar-refractivity contribution in [1.29, 1.82) is 0 Å². The average Bonchev–Trinajstić information content (AvgIpc) is 2.85. The first kappa shape index (κ1) is 16.4. The number of halogens is 3. The largest absolute Gasteiger partial charge is 0.497 e. The number of aryl methyl sites for hydroxylation is 2. The number of benzene rings is 2. The number of rotatable bonds is 4. The van der Waals surface area contributed by atoms with Crippen molar-refractivity contribution in [3.8, 4) is 5.75 Å². The number of hydrogen-bond donors (Lipinski definition) is 0. The molecule has 5 heteroatoms. The van der Waals surface area contributed by atoms with Gasteiger partial charge in [-0.3, -0.25) is 0 Å². The van der Waals surface area contributed by atoms with Crippen molar-refractivity contribution < 1.29 is 17.9 Å². The molecular weight excluding hydrogens is 315 g/mol. The molecule has 0 N–H and O–H groups in total. The molecule has 0 atom stereocenters. The second-order valence-electron chi connectivity index (χ2n) is 5.75. The molecule has 0 bridgehead atoms. The Morgan fingerprint density at radius 1 is 1.00 bits per heavy atom. The van der Waals surface area contributed by atoms with Crippen molar-refractivity contribution >= 4 is 10.9 Å². The minimum atomic E-state index is -4.40. The standard InChI is InChI=1S/C19H18F3NO/c1-23-16-11-9-14(24-2)12-15(16)18(19(20,21)22)17(23)10-8-13-6-4-3-5-7-13/h3-7,9,11-12H,8,10H2,1-2H3. The molecule has 0 amide bonds. The summed E-state index contributed by atoms with van der Waals surface area (Å²) in [4.78, 5) is 0.